The molecule has 0 amide bonds. The molecule has 1 atom stereocenters. The summed E-state index contributed by atoms with van der Waals surface area (Å²) in [6, 6.07) is 10.6. The Morgan fingerprint density at radius 3 is 2.18 bits per heavy atom. The number of rotatable bonds is 3. The predicted octanol–water partition coefficient (Wildman–Crippen LogP) is 3.84. The van der Waals surface area contributed by atoms with Crippen molar-refractivity contribution in [3.8, 4) is 0 Å². The minimum absolute atomic E-state index is 0.115. The maximum absolute atomic E-state index is 5.94. The first-order valence-corrected chi connectivity index (χ1v) is 6.33. The van der Waals surface area contributed by atoms with Crippen molar-refractivity contribution in [2.75, 3.05) is 0 Å². The lowest BCUT2D eigenvalue weighted by molar-refractivity contribution is -0.0300. The smallest absolute Gasteiger partial charge is 0.171 e. The molecule has 0 saturated heterocycles. The number of nitrogens with zero attached hydrogens (tertiary/aromatic N) is 1. The summed E-state index contributed by atoms with van der Waals surface area (Å²) >= 11 is 0. The molecule has 0 radical (unpaired) electrons. The second kappa shape index (κ2) is 4.52. The van der Waals surface area contributed by atoms with Gasteiger partial charge in [0, 0.05) is 0 Å². The van der Waals surface area contributed by atoms with Crippen LogP contribution >= 0.6 is 0 Å². The molecule has 0 unspecified atom stereocenters. The van der Waals surface area contributed by atoms with Crippen molar-refractivity contribution in [1.29, 1.82) is 0 Å². The average molecular weight is 231 g/mol. The molecule has 2 heteroatoms. The molecular weight excluding hydrogens is 210 g/mol. The van der Waals surface area contributed by atoms with Crippen LogP contribution in [0.3, 0.4) is 0 Å². The van der Waals surface area contributed by atoms with E-state index in [1.807, 2.05) is 6.07 Å². The summed E-state index contributed by atoms with van der Waals surface area (Å²) in [5.41, 5.74) is 1.03. The van der Waals surface area contributed by atoms with Gasteiger partial charge in [-0.05, 0) is 17.4 Å². The van der Waals surface area contributed by atoms with E-state index in [1.165, 1.54) is 5.56 Å². The lowest BCUT2D eigenvalue weighted by atomic mass is 9.73. The fourth-order valence-corrected chi connectivity index (χ4v) is 2.92. The van der Waals surface area contributed by atoms with Gasteiger partial charge in [-0.15, -0.1) is 0 Å². The van der Waals surface area contributed by atoms with Gasteiger partial charge in [0.2, 0.25) is 0 Å². The molecule has 1 aromatic rings. The molecular formula is C15H21NO. The number of benzene rings is 1. The fourth-order valence-electron chi connectivity index (χ4n) is 2.92. The first-order chi connectivity index (χ1) is 8.09. The maximum atomic E-state index is 5.94. The highest BCUT2D eigenvalue weighted by molar-refractivity contribution is 5.53. The quantitative estimate of drug-likeness (QED) is 0.774. The zero-order valence-corrected chi connectivity index (χ0v) is 11.1. The normalized spacial score (nSPS) is 22.1. The van der Waals surface area contributed by atoms with E-state index in [0.717, 1.165) is 0 Å². The third kappa shape index (κ3) is 1.86. The summed E-state index contributed by atoms with van der Waals surface area (Å²) in [4.78, 5) is 4.55. The van der Waals surface area contributed by atoms with Crippen LogP contribution in [0.5, 0.6) is 0 Å². The summed E-state index contributed by atoms with van der Waals surface area (Å²) < 4.78 is 5.94. The third-order valence-corrected chi connectivity index (χ3v) is 3.81. The Morgan fingerprint density at radius 2 is 1.65 bits per heavy atom. The third-order valence-electron chi connectivity index (χ3n) is 3.81. The highest BCUT2D eigenvalue weighted by Crippen LogP contribution is 2.46. The Kier molecular flexibility index (Phi) is 3.23. The molecule has 0 aliphatic carbocycles. The van der Waals surface area contributed by atoms with Crippen molar-refractivity contribution < 1.29 is 4.74 Å². The molecule has 2 rings (SSSR count). The van der Waals surface area contributed by atoms with Crippen LogP contribution < -0.4 is 0 Å². The molecule has 0 bridgehead atoms. The Morgan fingerprint density at radius 1 is 1.06 bits per heavy atom. The maximum Gasteiger partial charge on any atom is 0.171 e. The monoisotopic (exact) mass is 231 g/mol. The molecule has 1 heterocycles. The standard InChI is InChI=1S/C15H21NO/c1-11(2)15(12(3)4)14(16-10-17-15)13-8-6-5-7-9-13/h5-12,14H,1-4H3/t14-/m1/s1. The van der Waals surface area contributed by atoms with Gasteiger partial charge in [0.15, 0.2) is 6.40 Å². The van der Waals surface area contributed by atoms with E-state index < -0.39 is 0 Å². The number of aliphatic imine (C=N–C) groups is 1. The summed E-state index contributed by atoms with van der Waals surface area (Å²) in [5, 5.41) is 0. The Bertz CT molecular complexity index is 387. The van der Waals surface area contributed by atoms with Gasteiger partial charge in [-0.1, -0.05) is 58.0 Å². The van der Waals surface area contributed by atoms with Crippen molar-refractivity contribution in [2.24, 2.45) is 16.8 Å². The van der Waals surface area contributed by atoms with Gasteiger partial charge in [-0.3, -0.25) is 0 Å². The zero-order chi connectivity index (χ0) is 12.5. The lowest BCUT2D eigenvalue weighted by Crippen LogP contribution is -2.45. The zero-order valence-electron chi connectivity index (χ0n) is 11.1. The van der Waals surface area contributed by atoms with E-state index in [9.17, 15) is 0 Å². The molecule has 1 aliphatic heterocycles. The Labute approximate surface area is 104 Å². The van der Waals surface area contributed by atoms with Crippen molar-refractivity contribution >= 4 is 6.40 Å². The van der Waals surface area contributed by atoms with Crippen LogP contribution in [-0.2, 0) is 4.74 Å². The second-order valence-corrected chi connectivity index (χ2v) is 5.35. The van der Waals surface area contributed by atoms with Gasteiger partial charge in [0.25, 0.3) is 0 Å². The molecule has 0 aromatic heterocycles. The van der Waals surface area contributed by atoms with Crippen LogP contribution in [0.1, 0.15) is 39.3 Å². The van der Waals surface area contributed by atoms with Crippen molar-refractivity contribution in [2.45, 2.75) is 39.3 Å². The molecule has 0 fully saturated rings. The minimum atomic E-state index is -0.207. The summed E-state index contributed by atoms with van der Waals surface area (Å²) in [6.45, 7) is 8.85. The van der Waals surface area contributed by atoms with Crippen LogP contribution in [0.15, 0.2) is 35.3 Å². The molecule has 2 nitrogen and oxygen atoms in total. The number of hydrogen-bond acceptors (Lipinski definition) is 2. The highest BCUT2D eigenvalue weighted by Gasteiger charge is 2.49. The molecule has 0 spiro atoms. The highest BCUT2D eigenvalue weighted by atomic mass is 16.5. The van der Waals surface area contributed by atoms with Crippen molar-refractivity contribution in [3.63, 3.8) is 0 Å². The summed E-state index contributed by atoms with van der Waals surface area (Å²) in [5.74, 6) is 0.852. The minimum Gasteiger partial charge on any atom is -0.474 e. The lowest BCUT2D eigenvalue weighted by Gasteiger charge is -2.40. The SMILES string of the molecule is CC(C)C1(C(C)C)OC=N[C@@H]1c1ccccc1. The molecule has 1 aliphatic rings. The van der Waals surface area contributed by atoms with Crippen LogP contribution in [0.2, 0.25) is 0 Å². The second-order valence-electron chi connectivity index (χ2n) is 5.35. The van der Waals surface area contributed by atoms with Gasteiger partial charge in [0.05, 0.1) is 0 Å². The Balaban J connectivity index is 2.42. The average Bonchev–Trinajstić information content (AvgIpc) is 2.75. The van der Waals surface area contributed by atoms with Gasteiger partial charge >= 0.3 is 0 Å². The summed E-state index contributed by atoms with van der Waals surface area (Å²) in [6.07, 6.45) is 1.64. The molecule has 92 valence electrons. The topological polar surface area (TPSA) is 21.6 Å². The van der Waals surface area contributed by atoms with Crippen LogP contribution in [0.4, 0.5) is 0 Å². The molecule has 0 N–H and O–H groups in total. The van der Waals surface area contributed by atoms with E-state index >= 15 is 0 Å². The van der Waals surface area contributed by atoms with Crippen LogP contribution in [-0.4, -0.2) is 12.0 Å². The van der Waals surface area contributed by atoms with Crippen LogP contribution in [0, 0.1) is 11.8 Å². The van der Waals surface area contributed by atoms with E-state index in [-0.39, 0.29) is 11.6 Å². The van der Waals surface area contributed by atoms with E-state index in [2.05, 4.69) is 57.0 Å². The van der Waals surface area contributed by atoms with Crippen molar-refractivity contribution in [1.82, 2.24) is 0 Å². The molecule has 17 heavy (non-hydrogen) atoms. The van der Waals surface area contributed by atoms with Gasteiger partial charge in [-0.2, -0.15) is 0 Å². The fraction of sp³-hybridized carbons (Fsp3) is 0.533. The summed E-state index contributed by atoms with van der Waals surface area (Å²) in [7, 11) is 0. The van der Waals surface area contributed by atoms with E-state index in [4.69, 9.17) is 4.74 Å². The predicted molar refractivity (Wildman–Crippen MR) is 71.2 cm³/mol. The number of ether oxygens (including phenoxy) is 1. The largest absolute Gasteiger partial charge is 0.474 e. The van der Waals surface area contributed by atoms with Crippen molar-refractivity contribution in [3.05, 3.63) is 35.9 Å². The van der Waals surface area contributed by atoms with Crippen LogP contribution in [0.25, 0.3) is 0 Å². The molecule has 0 saturated carbocycles. The first kappa shape index (κ1) is 12.2. The van der Waals surface area contributed by atoms with E-state index in [0.29, 0.717) is 11.8 Å². The van der Waals surface area contributed by atoms with Gasteiger partial charge < -0.3 is 4.74 Å². The Hall–Kier alpha value is -1.31. The molecule has 1 aromatic carbocycles. The van der Waals surface area contributed by atoms with Gasteiger partial charge in [-0.25, -0.2) is 4.99 Å². The number of hydrogen-bond donors (Lipinski definition) is 0. The van der Waals surface area contributed by atoms with Gasteiger partial charge in [0.1, 0.15) is 11.6 Å². The van der Waals surface area contributed by atoms with E-state index in [1.54, 1.807) is 6.40 Å². The first-order valence-electron chi connectivity index (χ1n) is 6.33.